The number of nitrogens with one attached hydrogen (secondary N) is 1. The predicted molar refractivity (Wildman–Crippen MR) is 61.8 cm³/mol. The smallest absolute Gasteiger partial charge is 0.363 e. The molecule has 1 aromatic carbocycles. The van der Waals surface area contributed by atoms with Crippen molar-refractivity contribution in [1.29, 1.82) is 0 Å². The number of nitrogens with zero attached hydrogens (tertiary/aromatic N) is 1. The van der Waals surface area contributed by atoms with Gasteiger partial charge >= 0.3 is 5.97 Å². The van der Waals surface area contributed by atoms with E-state index in [-0.39, 0.29) is 23.2 Å². The molecule has 0 fully saturated rings. The van der Waals surface area contributed by atoms with Gasteiger partial charge in [-0.3, -0.25) is 5.10 Å². The summed E-state index contributed by atoms with van der Waals surface area (Å²) in [6.45, 7) is 0. The minimum atomic E-state index is -0.841. The fourth-order valence-corrected chi connectivity index (χ4v) is 1.51. The summed E-state index contributed by atoms with van der Waals surface area (Å²) in [5.41, 5.74) is 0.429. The zero-order valence-electron chi connectivity index (χ0n) is 8.98. The molecule has 1 aromatic heterocycles. The number of carbonyl (C=O) groups is 1. The maximum atomic E-state index is 12.8. The highest BCUT2D eigenvalue weighted by atomic mass is 35.5. The van der Waals surface area contributed by atoms with Gasteiger partial charge in [-0.15, -0.1) is 0 Å². The molecule has 0 atom stereocenters. The van der Waals surface area contributed by atoms with Crippen molar-refractivity contribution in [3.05, 3.63) is 35.8 Å². The maximum Gasteiger partial charge on any atom is 0.363 e. The number of rotatable bonds is 3. The second-order valence-corrected chi connectivity index (χ2v) is 3.56. The molecule has 2 rings (SSSR count). The summed E-state index contributed by atoms with van der Waals surface area (Å²) in [5, 5.41) is 15.9. The molecule has 5 nitrogen and oxygen atoms in total. The van der Waals surface area contributed by atoms with Crippen LogP contribution in [0.3, 0.4) is 0 Å². The number of carbonyl (C=O) groups excluding carboxylic acids is 1. The molecule has 0 saturated carbocycles. The van der Waals surface area contributed by atoms with Gasteiger partial charge in [-0.05, 0) is 24.3 Å². The van der Waals surface area contributed by atoms with E-state index in [0.717, 1.165) is 0 Å². The number of alkyl halides is 1. The molecule has 2 aromatic rings. The first-order chi connectivity index (χ1) is 8.63. The Morgan fingerprint density at radius 1 is 1.44 bits per heavy atom. The van der Waals surface area contributed by atoms with Crippen LogP contribution in [0.25, 0.3) is 11.3 Å². The normalized spacial score (nSPS) is 10.3. The van der Waals surface area contributed by atoms with E-state index in [1.165, 1.54) is 24.3 Å². The van der Waals surface area contributed by atoms with E-state index in [4.69, 9.17) is 11.6 Å². The molecule has 7 heteroatoms. The van der Waals surface area contributed by atoms with E-state index < -0.39 is 11.8 Å². The van der Waals surface area contributed by atoms with E-state index in [9.17, 15) is 14.3 Å². The van der Waals surface area contributed by atoms with Gasteiger partial charge in [0.1, 0.15) is 11.5 Å². The SMILES string of the molecule is O=C(OCCl)c1n[nH]c(-c2ccc(F)cc2)c1O. The summed E-state index contributed by atoms with van der Waals surface area (Å²) in [4.78, 5) is 11.4. The lowest BCUT2D eigenvalue weighted by Gasteiger charge is -1.99. The number of benzene rings is 1. The maximum absolute atomic E-state index is 12.8. The zero-order valence-corrected chi connectivity index (χ0v) is 9.74. The number of esters is 1. The summed E-state index contributed by atoms with van der Waals surface area (Å²) in [6, 6.07) is 5.01. The average Bonchev–Trinajstić information content (AvgIpc) is 2.73. The Morgan fingerprint density at radius 3 is 2.72 bits per heavy atom. The number of aromatic amines is 1. The minimum Gasteiger partial charge on any atom is -0.504 e. The van der Waals surface area contributed by atoms with Gasteiger partial charge in [0.05, 0.1) is 0 Å². The molecule has 0 aliphatic carbocycles. The molecule has 0 aliphatic heterocycles. The lowest BCUT2D eigenvalue weighted by molar-refractivity contribution is 0.0564. The first kappa shape index (κ1) is 12.4. The second-order valence-electron chi connectivity index (χ2n) is 3.34. The molecule has 94 valence electrons. The van der Waals surface area contributed by atoms with Gasteiger partial charge in [-0.2, -0.15) is 5.10 Å². The summed E-state index contributed by atoms with van der Waals surface area (Å²) in [5.74, 6) is -1.61. The molecule has 0 saturated heterocycles. The van der Waals surface area contributed by atoms with Crippen molar-refractivity contribution in [2.75, 3.05) is 6.07 Å². The average molecular weight is 271 g/mol. The van der Waals surface area contributed by atoms with Crippen LogP contribution in [0.1, 0.15) is 10.5 Å². The van der Waals surface area contributed by atoms with Crippen molar-refractivity contribution in [2.45, 2.75) is 0 Å². The molecule has 0 aliphatic rings. The van der Waals surface area contributed by atoms with E-state index in [1.54, 1.807) is 0 Å². The Balaban J connectivity index is 2.36. The molecule has 0 unspecified atom stereocenters. The Labute approximate surface area is 106 Å². The monoisotopic (exact) mass is 270 g/mol. The van der Waals surface area contributed by atoms with E-state index in [2.05, 4.69) is 14.9 Å². The fourth-order valence-electron chi connectivity index (χ4n) is 1.41. The van der Waals surface area contributed by atoms with Crippen molar-refractivity contribution in [3.8, 4) is 17.0 Å². The lowest BCUT2D eigenvalue weighted by Crippen LogP contribution is -2.04. The van der Waals surface area contributed by atoms with Crippen LogP contribution in [-0.4, -0.2) is 27.3 Å². The Kier molecular flexibility index (Phi) is 3.47. The largest absolute Gasteiger partial charge is 0.504 e. The first-order valence-electron chi connectivity index (χ1n) is 4.90. The second kappa shape index (κ2) is 5.05. The van der Waals surface area contributed by atoms with Gasteiger partial charge in [-0.1, -0.05) is 11.6 Å². The quantitative estimate of drug-likeness (QED) is 0.663. The van der Waals surface area contributed by atoms with E-state index in [1.807, 2.05) is 0 Å². The molecule has 0 spiro atoms. The van der Waals surface area contributed by atoms with Crippen LogP contribution in [-0.2, 0) is 4.74 Å². The Morgan fingerprint density at radius 2 is 2.11 bits per heavy atom. The number of hydrogen-bond donors (Lipinski definition) is 2. The molecule has 2 N–H and O–H groups in total. The molecule has 0 bridgehead atoms. The van der Waals surface area contributed by atoms with Crippen LogP contribution in [0.4, 0.5) is 4.39 Å². The van der Waals surface area contributed by atoms with Crippen molar-refractivity contribution < 1.29 is 19.0 Å². The van der Waals surface area contributed by atoms with Crippen LogP contribution >= 0.6 is 11.6 Å². The van der Waals surface area contributed by atoms with Crippen molar-refractivity contribution in [1.82, 2.24) is 10.2 Å². The fraction of sp³-hybridized carbons (Fsp3) is 0.0909. The van der Waals surface area contributed by atoms with Gasteiger partial charge in [0.25, 0.3) is 0 Å². The molecule has 0 radical (unpaired) electrons. The van der Waals surface area contributed by atoms with Gasteiger partial charge in [0.15, 0.2) is 11.8 Å². The predicted octanol–water partition coefficient (Wildman–Crippen LogP) is 2.27. The number of aromatic nitrogens is 2. The first-order valence-corrected chi connectivity index (χ1v) is 5.43. The molecular weight excluding hydrogens is 263 g/mol. The number of H-pyrrole nitrogens is 1. The number of hydrogen-bond acceptors (Lipinski definition) is 4. The standard InChI is InChI=1S/C11H8ClFN2O3/c12-5-18-11(17)9-10(16)8(14-15-9)6-1-3-7(13)4-2-6/h1-4,16H,5H2,(H,14,15). The van der Waals surface area contributed by atoms with E-state index >= 15 is 0 Å². The van der Waals surface area contributed by atoms with Crippen molar-refractivity contribution >= 4 is 17.6 Å². The van der Waals surface area contributed by atoms with Crippen LogP contribution in [0.15, 0.2) is 24.3 Å². The summed E-state index contributed by atoms with van der Waals surface area (Å²) in [6.07, 6.45) is 0. The third-order valence-corrected chi connectivity index (χ3v) is 2.36. The lowest BCUT2D eigenvalue weighted by atomic mass is 10.1. The topological polar surface area (TPSA) is 75.2 Å². The molecule has 1 heterocycles. The van der Waals surface area contributed by atoms with E-state index in [0.29, 0.717) is 5.56 Å². The third kappa shape index (κ3) is 2.28. The van der Waals surface area contributed by atoms with Crippen molar-refractivity contribution in [2.24, 2.45) is 0 Å². The van der Waals surface area contributed by atoms with Crippen LogP contribution < -0.4 is 0 Å². The minimum absolute atomic E-state index is 0.205. The molecular formula is C11H8ClFN2O3. The van der Waals surface area contributed by atoms with Crippen molar-refractivity contribution in [3.63, 3.8) is 0 Å². The molecule has 18 heavy (non-hydrogen) atoms. The summed E-state index contributed by atoms with van der Waals surface area (Å²) >= 11 is 5.24. The third-order valence-electron chi connectivity index (χ3n) is 2.25. The Hall–Kier alpha value is -2.08. The van der Waals surface area contributed by atoms with Gasteiger partial charge in [-0.25, -0.2) is 9.18 Å². The van der Waals surface area contributed by atoms with Gasteiger partial charge in [0.2, 0.25) is 5.69 Å². The summed E-state index contributed by atoms with van der Waals surface area (Å²) in [7, 11) is 0. The van der Waals surface area contributed by atoms with Crippen LogP contribution in [0.5, 0.6) is 5.75 Å². The van der Waals surface area contributed by atoms with Gasteiger partial charge < -0.3 is 9.84 Å². The number of ether oxygens (including phenoxy) is 1. The summed E-state index contributed by atoms with van der Waals surface area (Å²) < 4.78 is 17.3. The van der Waals surface area contributed by atoms with Gasteiger partial charge in [0, 0.05) is 5.56 Å². The number of halogens is 2. The molecule has 0 amide bonds. The van der Waals surface area contributed by atoms with Crippen LogP contribution in [0.2, 0.25) is 0 Å². The highest BCUT2D eigenvalue weighted by Crippen LogP contribution is 2.30. The Bertz CT molecular complexity index is 568. The van der Waals surface area contributed by atoms with Crippen LogP contribution in [0, 0.1) is 5.82 Å². The number of aromatic hydroxyl groups is 1. The highest BCUT2D eigenvalue weighted by Gasteiger charge is 2.21. The zero-order chi connectivity index (χ0) is 13.1. The highest BCUT2D eigenvalue weighted by molar-refractivity contribution is 6.17.